The largest absolute Gasteiger partial charge is 0.348 e. The minimum atomic E-state index is -0.0238. The van der Waals surface area contributed by atoms with E-state index in [1.807, 2.05) is 11.8 Å². The lowest BCUT2D eigenvalue weighted by molar-refractivity contribution is 0.384. The lowest BCUT2D eigenvalue weighted by Gasteiger charge is -2.23. The van der Waals surface area contributed by atoms with Crippen molar-refractivity contribution in [2.45, 2.75) is 12.5 Å². The Balaban J connectivity index is 1.97. The number of thioether (sulfide) groups is 1. The number of aliphatic imine (C=N–C) groups is 1. The van der Waals surface area contributed by atoms with Crippen molar-refractivity contribution in [3.05, 3.63) is 35.9 Å². The van der Waals surface area contributed by atoms with Gasteiger partial charge < -0.3 is 4.90 Å². The van der Waals surface area contributed by atoms with Crippen molar-refractivity contribution in [1.29, 1.82) is 0 Å². The molecule has 0 radical (unpaired) electrons. The first-order valence-electron chi connectivity index (χ1n) is 5.31. The molecule has 0 aliphatic carbocycles. The van der Waals surface area contributed by atoms with E-state index in [1.165, 1.54) is 16.5 Å². The van der Waals surface area contributed by atoms with Crippen LogP contribution in [0.1, 0.15) is 12.5 Å². The van der Waals surface area contributed by atoms with Gasteiger partial charge in [-0.25, -0.2) is 4.99 Å². The third kappa shape index (κ3) is 1.46. The number of nitrogens with zero attached hydrogens (tertiary/aromatic N) is 2. The zero-order valence-corrected chi connectivity index (χ0v) is 9.63. The molecule has 0 saturated carbocycles. The highest BCUT2D eigenvalue weighted by Gasteiger charge is 2.38. The van der Waals surface area contributed by atoms with Crippen LogP contribution in [0.5, 0.6) is 0 Å². The van der Waals surface area contributed by atoms with E-state index in [0.717, 1.165) is 13.1 Å². The van der Waals surface area contributed by atoms with Gasteiger partial charge in [-0.15, -0.1) is 0 Å². The molecular weight excluding hydrogens is 204 g/mol. The molecule has 0 N–H and O–H groups in total. The first kappa shape index (κ1) is 9.28. The smallest absolute Gasteiger partial charge is 0.160 e. The van der Waals surface area contributed by atoms with Gasteiger partial charge in [-0.1, -0.05) is 42.1 Å². The molecule has 1 atom stereocenters. The number of benzene rings is 1. The van der Waals surface area contributed by atoms with Gasteiger partial charge in [0.25, 0.3) is 0 Å². The van der Waals surface area contributed by atoms with Crippen LogP contribution < -0.4 is 0 Å². The van der Waals surface area contributed by atoms with Crippen molar-refractivity contribution in [2.75, 3.05) is 18.8 Å². The molecule has 0 amide bonds. The van der Waals surface area contributed by atoms with Crippen LogP contribution in [0.25, 0.3) is 0 Å². The highest BCUT2D eigenvalue weighted by Crippen LogP contribution is 2.36. The van der Waals surface area contributed by atoms with Crippen molar-refractivity contribution in [2.24, 2.45) is 4.99 Å². The maximum absolute atomic E-state index is 4.86. The van der Waals surface area contributed by atoms with Crippen LogP contribution in [-0.2, 0) is 5.54 Å². The molecule has 2 heterocycles. The third-order valence-corrected chi connectivity index (χ3v) is 4.09. The van der Waals surface area contributed by atoms with Gasteiger partial charge in [0.2, 0.25) is 0 Å². The summed E-state index contributed by atoms with van der Waals surface area (Å²) in [5.41, 5.74) is 1.30. The summed E-state index contributed by atoms with van der Waals surface area (Å²) in [5.74, 6) is 1.20. The molecular formula is C12H14N2S. The van der Waals surface area contributed by atoms with E-state index in [1.54, 1.807) is 0 Å². The van der Waals surface area contributed by atoms with E-state index in [4.69, 9.17) is 4.99 Å². The lowest BCUT2D eigenvalue weighted by atomic mass is 9.93. The standard InChI is InChI=1S/C12H14N2S/c1-12(10-5-3-2-4-6-10)9-14-7-8-15-11(14)13-12/h2-6H,7-9H2,1H3/t12-/m1/s1. The molecule has 78 valence electrons. The normalized spacial score (nSPS) is 29.1. The van der Waals surface area contributed by atoms with E-state index in [-0.39, 0.29) is 5.54 Å². The Morgan fingerprint density at radius 2 is 2.13 bits per heavy atom. The molecule has 0 aromatic heterocycles. The molecule has 0 unspecified atom stereocenters. The van der Waals surface area contributed by atoms with Gasteiger partial charge in [0.15, 0.2) is 5.17 Å². The Labute approximate surface area is 94.4 Å². The lowest BCUT2D eigenvalue weighted by Crippen LogP contribution is -2.30. The van der Waals surface area contributed by atoms with Crippen molar-refractivity contribution in [3.8, 4) is 0 Å². The molecule has 3 rings (SSSR count). The molecule has 3 heteroatoms. The van der Waals surface area contributed by atoms with E-state index in [0.29, 0.717) is 0 Å². The van der Waals surface area contributed by atoms with Gasteiger partial charge in [0.1, 0.15) is 5.54 Å². The average molecular weight is 218 g/mol. The maximum atomic E-state index is 4.86. The summed E-state index contributed by atoms with van der Waals surface area (Å²) >= 11 is 1.89. The Morgan fingerprint density at radius 3 is 2.87 bits per heavy atom. The summed E-state index contributed by atoms with van der Waals surface area (Å²) in [6, 6.07) is 10.6. The van der Waals surface area contributed by atoms with Crippen molar-refractivity contribution in [1.82, 2.24) is 4.90 Å². The molecule has 2 aliphatic heterocycles. The van der Waals surface area contributed by atoms with Gasteiger partial charge in [-0.2, -0.15) is 0 Å². The summed E-state index contributed by atoms with van der Waals surface area (Å²) < 4.78 is 0. The van der Waals surface area contributed by atoms with Crippen LogP contribution >= 0.6 is 11.8 Å². The Morgan fingerprint density at radius 1 is 1.33 bits per heavy atom. The summed E-state index contributed by atoms with van der Waals surface area (Å²) in [7, 11) is 0. The second-order valence-electron chi connectivity index (χ2n) is 4.30. The van der Waals surface area contributed by atoms with Crippen LogP contribution in [0.2, 0.25) is 0 Å². The average Bonchev–Trinajstić information content (AvgIpc) is 2.78. The van der Waals surface area contributed by atoms with Crippen LogP contribution in [0.15, 0.2) is 35.3 Å². The molecule has 2 aliphatic rings. The molecule has 15 heavy (non-hydrogen) atoms. The number of amidine groups is 1. The topological polar surface area (TPSA) is 15.6 Å². The molecule has 1 saturated heterocycles. The first-order chi connectivity index (χ1) is 7.28. The molecule has 0 spiro atoms. The second kappa shape index (κ2) is 3.27. The molecule has 0 bridgehead atoms. The molecule has 1 aromatic rings. The zero-order chi connectivity index (χ0) is 10.3. The summed E-state index contributed by atoms with van der Waals surface area (Å²) in [6.45, 7) is 4.43. The van der Waals surface area contributed by atoms with Gasteiger partial charge in [-0.05, 0) is 12.5 Å². The van der Waals surface area contributed by atoms with Crippen molar-refractivity contribution >= 4 is 16.9 Å². The minimum absolute atomic E-state index is 0.0238. The maximum Gasteiger partial charge on any atom is 0.160 e. The molecule has 1 fully saturated rings. The minimum Gasteiger partial charge on any atom is -0.348 e. The Bertz CT molecular complexity index is 401. The SMILES string of the molecule is C[C@]1(c2ccccc2)CN2CCSC2=N1. The van der Waals surface area contributed by atoms with Crippen molar-refractivity contribution in [3.63, 3.8) is 0 Å². The monoisotopic (exact) mass is 218 g/mol. The highest BCUT2D eigenvalue weighted by atomic mass is 32.2. The second-order valence-corrected chi connectivity index (χ2v) is 5.37. The van der Waals surface area contributed by atoms with Gasteiger partial charge in [0, 0.05) is 18.8 Å². The van der Waals surface area contributed by atoms with E-state index in [9.17, 15) is 0 Å². The fraction of sp³-hybridized carbons (Fsp3) is 0.417. The van der Waals surface area contributed by atoms with Crippen molar-refractivity contribution < 1.29 is 0 Å². The van der Waals surface area contributed by atoms with Crippen LogP contribution in [0.3, 0.4) is 0 Å². The zero-order valence-electron chi connectivity index (χ0n) is 8.81. The van der Waals surface area contributed by atoms with Gasteiger partial charge >= 0.3 is 0 Å². The number of fused-ring (bicyclic) bond motifs is 1. The Hall–Kier alpha value is -0.960. The van der Waals surface area contributed by atoms with Crippen LogP contribution in [0.4, 0.5) is 0 Å². The van der Waals surface area contributed by atoms with Gasteiger partial charge in [-0.3, -0.25) is 0 Å². The third-order valence-electron chi connectivity index (χ3n) is 3.10. The predicted octanol–water partition coefficient (Wildman–Crippen LogP) is 2.32. The molecule has 1 aromatic carbocycles. The summed E-state index contributed by atoms with van der Waals surface area (Å²) in [6.07, 6.45) is 0. The summed E-state index contributed by atoms with van der Waals surface area (Å²) in [5, 5.41) is 1.24. The number of hydrogen-bond acceptors (Lipinski definition) is 3. The van der Waals surface area contributed by atoms with Crippen LogP contribution in [-0.4, -0.2) is 28.9 Å². The number of rotatable bonds is 1. The van der Waals surface area contributed by atoms with Crippen LogP contribution in [0, 0.1) is 0 Å². The van der Waals surface area contributed by atoms with E-state index >= 15 is 0 Å². The first-order valence-corrected chi connectivity index (χ1v) is 6.30. The molecule has 2 nitrogen and oxygen atoms in total. The fourth-order valence-electron chi connectivity index (χ4n) is 2.25. The fourth-order valence-corrected chi connectivity index (χ4v) is 3.35. The highest BCUT2D eigenvalue weighted by molar-refractivity contribution is 8.14. The van der Waals surface area contributed by atoms with Gasteiger partial charge in [0.05, 0.1) is 0 Å². The summed E-state index contributed by atoms with van der Waals surface area (Å²) in [4.78, 5) is 7.26. The quantitative estimate of drug-likeness (QED) is 0.719. The Kier molecular flexibility index (Phi) is 2.02. The predicted molar refractivity (Wildman–Crippen MR) is 65.3 cm³/mol. The van der Waals surface area contributed by atoms with E-state index < -0.39 is 0 Å². The number of hydrogen-bond donors (Lipinski definition) is 0. The van der Waals surface area contributed by atoms with E-state index in [2.05, 4.69) is 42.2 Å².